The summed E-state index contributed by atoms with van der Waals surface area (Å²) in [7, 11) is 0. The van der Waals surface area contributed by atoms with Crippen LogP contribution in [-0.4, -0.2) is 15.0 Å². The predicted molar refractivity (Wildman–Crippen MR) is 88.4 cm³/mol. The van der Waals surface area contributed by atoms with E-state index in [1.165, 1.54) is 30.7 Å². The van der Waals surface area contributed by atoms with Crippen molar-refractivity contribution in [3.05, 3.63) is 59.5 Å². The van der Waals surface area contributed by atoms with Crippen LogP contribution < -0.4 is 10.5 Å². The van der Waals surface area contributed by atoms with Gasteiger partial charge in [0.05, 0.1) is 23.1 Å². The van der Waals surface area contributed by atoms with Gasteiger partial charge in [0.1, 0.15) is 17.4 Å². The summed E-state index contributed by atoms with van der Waals surface area (Å²) < 4.78 is 33.0. The molecule has 0 amide bonds. The van der Waals surface area contributed by atoms with Crippen LogP contribution in [0.3, 0.4) is 0 Å². The molecule has 1 aromatic carbocycles. The number of benzene rings is 1. The van der Waals surface area contributed by atoms with Crippen molar-refractivity contribution in [1.29, 1.82) is 0 Å². The second-order valence-corrected chi connectivity index (χ2v) is 4.95. The molecule has 0 unspecified atom stereocenters. The zero-order valence-electron chi connectivity index (χ0n) is 11.9. The fraction of sp³-hybridized carbons (Fsp3) is 0. The maximum absolute atomic E-state index is 14.2. The number of aromatic nitrogens is 3. The van der Waals surface area contributed by atoms with Gasteiger partial charge in [-0.25, -0.2) is 18.7 Å². The van der Waals surface area contributed by atoms with Crippen molar-refractivity contribution in [2.45, 2.75) is 0 Å². The summed E-state index contributed by atoms with van der Waals surface area (Å²) in [6.07, 6.45) is 3.91. The highest BCUT2D eigenvalue weighted by molar-refractivity contribution is 6.30. The molecule has 0 aliphatic rings. The van der Waals surface area contributed by atoms with Gasteiger partial charge in [0.25, 0.3) is 5.88 Å². The Morgan fingerprint density at radius 2 is 1.75 bits per heavy atom. The van der Waals surface area contributed by atoms with Gasteiger partial charge in [0, 0.05) is 17.8 Å². The lowest BCUT2D eigenvalue weighted by atomic mass is 10.1. The number of nitrogens with zero attached hydrogens (tertiary/aromatic N) is 3. The maximum Gasteiger partial charge on any atom is 0.255 e. The maximum atomic E-state index is 14.2. The summed E-state index contributed by atoms with van der Waals surface area (Å²) in [4.78, 5) is 11.5. The minimum absolute atomic E-state index is 0. The van der Waals surface area contributed by atoms with Crippen molar-refractivity contribution >= 4 is 29.8 Å². The third-order valence-corrected chi connectivity index (χ3v) is 3.08. The van der Waals surface area contributed by atoms with Crippen molar-refractivity contribution in [3.8, 4) is 22.9 Å². The van der Waals surface area contributed by atoms with Gasteiger partial charge in [0.2, 0.25) is 0 Å². The highest BCUT2D eigenvalue weighted by atomic mass is 35.5. The molecule has 0 spiro atoms. The number of nitrogens with two attached hydrogens (primary N) is 1. The highest BCUT2D eigenvalue weighted by Crippen LogP contribution is 2.28. The van der Waals surface area contributed by atoms with Crippen LogP contribution in [0.25, 0.3) is 11.3 Å². The fourth-order valence-electron chi connectivity index (χ4n) is 1.83. The van der Waals surface area contributed by atoms with Gasteiger partial charge in [-0.05, 0) is 18.2 Å². The third kappa shape index (κ3) is 3.87. The predicted octanol–water partition coefficient (Wildman–Crippen LogP) is 4.27. The lowest BCUT2D eigenvalue weighted by molar-refractivity contribution is 0.420. The minimum atomic E-state index is -0.744. The molecule has 2 aromatic heterocycles. The molecule has 9 heteroatoms. The van der Waals surface area contributed by atoms with Gasteiger partial charge < -0.3 is 10.5 Å². The van der Waals surface area contributed by atoms with E-state index in [1.807, 2.05) is 0 Å². The first-order valence-electron chi connectivity index (χ1n) is 6.39. The molecule has 0 fully saturated rings. The van der Waals surface area contributed by atoms with E-state index in [4.69, 9.17) is 22.1 Å². The van der Waals surface area contributed by atoms with Crippen molar-refractivity contribution < 1.29 is 13.5 Å². The zero-order valence-corrected chi connectivity index (χ0v) is 13.5. The molecule has 2 heterocycles. The Labute approximate surface area is 146 Å². The van der Waals surface area contributed by atoms with E-state index in [0.29, 0.717) is 5.69 Å². The molecule has 124 valence electrons. The number of rotatable bonds is 3. The number of pyridine rings is 1. The Morgan fingerprint density at radius 1 is 0.958 bits per heavy atom. The molecule has 0 atom stereocenters. The molecular weight excluding hydrogens is 361 g/mol. The molecule has 0 aliphatic carbocycles. The molecule has 0 saturated carbocycles. The third-order valence-electron chi connectivity index (χ3n) is 2.88. The van der Waals surface area contributed by atoms with E-state index in [1.54, 1.807) is 0 Å². The Kier molecular flexibility index (Phi) is 5.48. The van der Waals surface area contributed by atoms with Gasteiger partial charge in [0.15, 0.2) is 5.82 Å². The largest absolute Gasteiger partial charge is 0.436 e. The molecule has 0 saturated heterocycles. The van der Waals surface area contributed by atoms with E-state index in [2.05, 4.69) is 15.0 Å². The Hall–Kier alpha value is -2.51. The molecule has 0 bridgehead atoms. The summed E-state index contributed by atoms with van der Waals surface area (Å²) in [6, 6.07) is 5.06. The van der Waals surface area contributed by atoms with Crippen LogP contribution in [0, 0.1) is 11.6 Å². The molecular formula is C15H10Cl2F2N4O. The smallest absolute Gasteiger partial charge is 0.255 e. The van der Waals surface area contributed by atoms with E-state index >= 15 is 0 Å². The quantitative estimate of drug-likeness (QED) is 0.745. The highest BCUT2D eigenvalue weighted by Gasteiger charge is 2.11. The van der Waals surface area contributed by atoms with Crippen molar-refractivity contribution in [2.24, 2.45) is 0 Å². The van der Waals surface area contributed by atoms with Crippen LogP contribution in [0.1, 0.15) is 0 Å². The summed E-state index contributed by atoms with van der Waals surface area (Å²) in [6.45, 7) is 0. The molecule has 0 radical (unpaired) electrons. The Bertz CT molecular complexity index is 863. The summed E-state index contributed by atoms with van der Waals surface area (Å²) in [5, 5.41) is 0.137. The lowest BCUT2D eigenvalue weighted by Gasteiger charge is -2.08. The first kappa shape index (κ1) is 17.8. The SMILES string of the molecule is Cl.Nc1cnc(-c2ccc(Oc3ncc(Cl)cc3F)cc2F)cn1. The van der Waals surface area contributed by atoms with Gasteiger partial charge in [-0.15, -0.1) is 12.4 Å². The summed E-state index contributed by atoms with van der Waals surface area (Å²) >= 11 is 5.61. The molecule has 0 aliphatic heterocycles. The topological polar surface area (TPSA) is 73.9 Å². The number of hydrogen-bond acceptors (Lipinski definition) is 5. The zero-order chi connectivity index (χ0) is 16.4. The van der Waals surface area contributed by atoms with Crippen LogP contribution in [0.15, 0.2) is 42.9 Å². The Balaban J connectivity index is 0.00000208. The number of nitrogen functional groups attached to an aromatic ring is 1. The monoisotopic (exact) mass is 370 g/mol. The van der Waals surface area contributed by atoms with Crippen molar-refractivity contribution in [1.82, 2.24) is 15.0 Å². The van der Waals surface area contributed by atoms with Crippen LogP contribution in [0.4, 0.5) is 14.6 Å². The van der Waals surface area contributed by atoms with Crippen LogP contribution in [0.5, 0.6) is 11.6 Å². The van der Waals surface area contributed by atoms with E-state index in [9.17, 15) is 8.78 Å². The number of ether oxygens (including phenoxy) is 1. The standard InChI is InChI=1S/C15H9ClF2N4O.ClH/c16-8-3-12(18)15(22-5-8)23-9-1-2-10(11(17)4-9)13-6-21-14(19)7-20-13;/h1-7H,(H2,19,21);1H. The van der Waals surface area contributed by atoms with Gasteiger partial charge in [-0.2, -0.15) is 0 Å². The van der Waals surface area contributed by atoms with Gasteiger partial charge in [-0.1, -0.05) is 11.6 Å². The average molecular weight is 371 g/mol. The minimum Gasteiger partial charge on any atom is -0.436 e. The molecule has 2 N–H and O–H groups in total. The van der Waals surface area contributed by atoms with Crippen molar-refractivity contribution in [3.63, 3.8) is 0 Å². The van der Waals surface area contributed by atoms with Gasteiger partial charge in [-0.3, -0.25) is 4.98 Å². The summed E-state index contributed by atoms with van der Waals surface area (Å²) in [5.41, 5.74) is 5.97. The molecule has 3 rings (SSSR count). The number of anilines is 1. The summed E-state index contributed by atoms with van der Waals surface area (Å²) in [5.74, 6) is -1.32. The Morgan fingerprint density at radius 3 is 2.38 bits per heavy atom. The first-order valence-corrected chi connectivity index (χ1v) is 6.77. The van der Waals surface area contributed by atoms with Crippen LogP contribution in [0.2, 0.25) is 5.02 Å². The first-order chi connectivity index (χ1) is 11.0. The second-order valence-electron chi connectivity index (χ2n) is 4.51. The van der Waals surface area contributed by atoms with E-state index in [-0.39, 0.29) is 40.4 Å². The normalized spacial score (nSPS) is 10.1. The lowest BCUT2D eigenvalue weighted by Crippen LogP contribution is -1.96. The average Bonchev–Trinajstić information content (AvgIpc) is 2.51. The van der Waals surface area contributed by atoms with Crippen LogP contribution in [-0.2, 0) is 0 Å². The molecule has 5 nitrogen and oxygen atoms in total. The van der Waals surface area contributed by atoms with Gasteiger partial charge >= 0.3 is 0 Å². The molecule has 24 heavy (non-hydrogen) atoms. The van der Waals surface area contributed by atoms with E-state index in [0.717, 1.165) is 12.1 Å². The van der Waals surface area contributed by atoms with Crippen molar-refractivity contribution in [2.75, 3.05) is 5.73 Å². The molecule has 3 aromatic rings. The fourth-order valence-corrected chi connectivity index (χ4v) is 1.98. The van der Waals surface area contributed by atoms with E-state index < -0.39 is 11.6 Å². The van der Waals surface area contributed by atoms with Crippen LogP contribution >= 0.6 is 24.0 Å². The second kappa shape index (κ2) is 7.37. The number of hydrogen-bond donors (Lipinski definition) is 1. The number of halogens is 4.